The molecule has 0 radical (unpaired) electrons. The van der Waals surface area contributed by atoms with E-state index < -0.39 is 0 Å². The fourth-order valence-electron chi connectivity index (χ4n) is 6.75. The molecule has 3 aromatic heterocycles. The molecule has 4 aromatic rings. The first-order valence-electron chi connectivity index (χ1n) is 14.9. The molecule has 3 atom stereocenters. The summed E-state index contributed by atoms with van der Waals surface area (Å²) in [6.45, 7) is 7.51. The van der Waals surface area contributed by atoms with E-state index in [0.29, 0.717) is 23.8 Å². The van der Waals surface area contributed by atoms with Gasteiger partial charge in [0.2, 0.25) is 5.91 Å². The van der Waals surface area contributed by atoms with Gasteiger partial charge in [-0.2, -0.15) is 0 Å². The van der Waals surface area contributed by atoms with Crippen LogP contribution in [0.15, 0.2) is 67.6 Å². The molecule has 3 N–H and O–H groups in total. The molecule has 1 aromatic carbocycles. The van der Waals surface area contributed by atoms with Crippen LogP contribution in [0, 0.1) is 5.92 Å². The Morgan fingerprint density at radius 3 is 2.88 bits per heavy atom. The number of hydrogen-bond acceptors (Lipinski definition) is 7. The third-order valence-electron chi connectivity index (χ3n) is 9.10. The molecule has 10 nitrogen and oxygen atoms in total. The Morgan fingerprint density at radius 1 is 1.16 bits per heavy atom. The number of benzene rings is 1. The molecule has 2 amide bonds. The number of nitrogens with one attached hydrogen (secondary N) is 3. The van der Waals surface area contributed by atoms with Crippen molar-refractivity contribution in [1.29, 1.82) is 0 Å². The fraction of sp³-hybridized carbons (Fsp3) is 0.364. The van der Waals surface area contributed by atoms with E-state index in [2.05, 4.69) is 43.1 Å². The number of carbonyl (C=O) groups is 2. The van der Waals surface area contributed by atoms with Crippen molar-refractivity contribution in [3.63, 3.8) is 0 Å². The number of aromatic amines is 1. The van der Waals surface area contributed by atoms with Crippen LogP contribution in [-0.4, -0.2) is 69.0 Å². The van der Waals surface area contributed by atoms with Gasteiger partial charge in [-0.1, -0.05) is 18.7 Å². The number of likely N-dealkylation sites (tertiary alicyclic amines) is 1. The van der Waals surface area contributed by atoms with Crippen LogP contribution in [0.5, 0.6) is 0 Å². The minimum Gasteiger partial charge on any atom is -0.381 e. The van der Waals surface area contributed by atoms with Gasteiger partial charge in [0, 0.05) is 54.1 Å². The highest BCUT2D eigenvalue weighted by molar-refractivity contribution is 6.03. The van der Waals surface area contributed by atoms with Gasteiger partial charge in [-0.25, -0.2) is 9.97 Å². The van der Waals surface area contributed by atoms with Crippen molar-refractivity contribution < 1.29 is 14.3 Å². The van der Waals surface area contributed by atoms with Crippen molar-refractivity contribution in [2.24, 2.45) is 5.92 Å². The summed E-state index contributed by atoms with van der Waals surface area (Å²) in [7, 11) is 0. The molecule has 2 aliphatic heterocycles. The Hall–Kier alpha value is -4.41. The summed E-state index contributed by atoms with van der Waals surface area (Å²) in [5, 5.41) is 7.05. The van der Waals surface area contributed by atoms with Crippen LogP contribution in [-0.2, 0) is 21.5 Å². The fourth-order valence-corrected chi connectivity index (χ4v) is 6.75. The van der Waals surface area contributed by atoms with Crippen LogP contribution in [0.2, 0.25) is 0 Å². The molecule has 10 heteroatoms. The molecule has 5 heterocycles. The average Bonchev–Trinajstić information content (AvgIpc) is 3.63. The number of carbonyl (C=O) groups excluding carboxylic acids is 2. The van der Waals surface area contributed by atoms with E-state index in [4.69, 9.17) is 9.72 Å². The second kappa shape index (κ2) is 11.3. The summed E-state index contributed by atoms with van der Waals surface area (Å²) in [6, 6.07) is 13.8. The van der Waals surface area contributed by atoms with Crippen LogP contribution in [0.3, 0.4) is 0 Å². The number of aromatic nitrogens is 4. The number of nitrogens with zero attached hydrogens (tertiary/aromatic N) is 4. The highest BCUT2D eigenvalue weighted by atomic mass is 16.5. The van der Waals surface area contributed by atoms with E-state index in [0.717, 1.165) is 85.5 Å². The number of ether oxygens (including phenoxy) is 1. The number of H-pyrrole nitrogens is 1. The minimum absolute atomic E-state index is 0.100. The SMILES string of the molecule is C=CC(=O)N[C@@H]1CCCN(Cc2ccnc(C(=O)Nc3ccc(-c4cc5c([C@]67CCOC[C@H]6C7)ncnc5[nH]4)cc3)c2)C1. The quantitative estimate of drug-likeness (QED) is 0.268. The van der Waals surface area contributed by atoms with Crippen LogP contribution in [0.25, 0.3) is 22.3 Å². The van der Waals surface area contributed by atoms with Crippen LogP contribution in [0.4, 0.5) is 5.69 Å². The summed E-state index contributed by atoms with van der Waals surface area (Å²) < 4.78 is 5.68. The van der Waals surface area contributed by atoms with Crippen LogP contribution >= 0.6 is 0 Å². The molecule has 0 unspecified atom stereocenters. The lowest BCUT2D eigenvalue weighted by Crippen LogP contribution is -2.46. The van der Waals surface area contributed by atoms with Gasteiger partial charge in [0.1, 0.15) is 17.7 Å². The molecule has 3 fully saturated rings. The molecule has 2 saturated heterocycles. The monoisotopic (exact) mass is 577 g/mol. The first-order chi connectivity index (χ1) is 21.0. The van der Waals surface area contributed by atoms with Gasteiger partial charge in [-0.3, -0.25) is 19.5 Å². The molecule has 220 valence electrons. The standard InChI is InChI=1S/C33H35N7O3/c1-2-29(41)37-25-4-3-12-40(18-25)17-21-9-11-34-28(14-21)32(42)38-24-7-5-22(6-8-24)27-15-26-30(35-20-36-31(26)39-27)33-10-13-43-19-23(33)16-33/h2,5-9,11,14-15,20,23,25H,1,3-4,10,12-13,16-19H2,(H,37,41)(H,38,42)(H,35,36,39)/t23-,25-,33+/m1/s1. The average molecular weight is 578 g/mol. The molecule has 3 aliphatic rings. The number of amides is 2. The molecule has 7 rings (SSSR count). The minimum atomic E-state index is -0.260. The Bertz CT molecular complexity index is 1680. The normalized spacial score (nSPS) is 23.3. The van der Waals surface area contributed by atoms with Gasteiger partial charge in [0.25, 0.3) is 5.91 Å². The molecule has 1 saturated carbocycles. The summed E-state index contributed by atoms with van der Waals surface area (Å²) in [5.41, 5.74) is 6.13. The van der Waals surface area contributed by atoms with Crippen molar-refractivity contribution in [3.8, 4) is 11.3 Å². The Morgan fingerprint density at radius 2 is 2.05 bits per heavy atom. The maximum Gasteiger partial charge on any atom is 0.274 e. The molecule has 43 heavy (non-hydrogen) atoms. The zero-order chi connectivity index (χ0) is 29.4. The predicted molar refractivity (Wildman–Crippen MR) is 163 cm³/mol. The molecular formula is C33H35N7O3. The lowest BCUT2D eigenvalue weighted by Gasteiger charge is -2.33. The van der Waals surface area contributed by atoms with Gasteiger partial charge in [0.05, 0.1) is 12.3 Å². The van der Waals surface area contributed by atoms with Crippen molar-refractivity contribution >= 4 is 28.5 Å². The summed E-state index contributed by atoms with van der Waals surface area (Å²) in [5.74, 6) is 0.142. The number of pyridine rings is 1. The highest BCUT2D eigenvalue weighted by Gasteiger charge is 2.58. The second-order valence-electron chi connectivity index (χ2n) is 11.9. The van der Waals surface area contributed by atoms with Crippen LogP contribution in [0.1, 0.15) is 47.4 Å². The summed E-state index contributed by atoms with van der Waals surface area (Å²) in [6.07, 6.45) is 8.72. The van der Waals surface area contributed by atoms with Crippen molar-refractivity contribution in [2.75, 3.05) is 31.6 Å². The Kier molecular flexibility index (Phi) is 7.24. The summed E-state index contributed by atoms with van der Waals surface area (Å²) in [4.78, 5) is 44.1. The molecular weight excluding hydrogens is 542 g/mol. The zero-order valence-electron chi connectivity index (χ0n) is 24.0. The first kappa shape index (κ1) is 27.4. The van der Waals surface area contributed by atoms with Crippen molar-refractivity contribution in [1.82, 2.24) is 30.2 Å². The van der Waals surface area contributed by atoms with E-state index in [1.54, 1.807) is 12.5 Å². The lowest BCUT2D eigenvalue weighted by atomic mass is 9.91. The van der Waals surface area contributed by atoms with E-state index in [-0.39, 0.29) is 23.3 Å². The Labute approximate surface area is 250 Å². The Balaban J connectivity index is 1.01. The van der Waals surface area contributed by atoms with Crippen LogP contribution < -0.4 is 10.6 Å². The molecule has 0 bridgehead atoms. The van der Waals surface area contributed by atoms with E-state index in [9.17, 15) is 9.59 Å². The van der Waals surface area contributed by atoms with Gasteiger partial charge < -0.3 is 20.4 Å². The number of piperidine rings is 1. The first-order valence-corrected chi connectivity index (χ1v) is 14.9. The zero-order valence-corrected chi connectivity index (χ0v) is 24.0. The summed E-state index contributed by atoms with van der Waals surface area (Å²) >= 11 is 0. The lowest BCUT2D eigenvalue weighted by molar-refractivity contribution is -0.117. The predicted octanol–water partition coefficient (Wildman–Crippen LogP) is 4.22. The topological polar surface area (TPSA) is 125 Å². The number of fused-ring (bicyclic) bond motifs is 2. The largest absolute Gasteiger partial charge is 0.381 e. The number of hydrogen-bond donors (Lipinski definition) is 3. The number of anilines is 1. The van der Waals surface area contributed by atoms with E-state index in [1.165, 1.54) is 6.08 Å². The highest BCUT2D eigenvalue weighted by Crippen LogP contribution is 2.59. The molecule has 1 aliphatic carbocycles. The van der Waals surface area contributed by atoms with Crippen molar-refractivity contribution in [2.45, 2.75) is 43.7 Å². The van der Waals surface area contributed by atoms with Gasteiger partial charge in [0.15, 0.2) is 0 Å². The van der Waals surface area contributed by atoms with Gasteiger partial charge >= 0.3 is 0 Å². The maximum atomic E-state index is 13.1. The smallest absolute Gasteiger partial charge is 0.274 e. The van der Waals surface area contributed by atoms with Gasteiger partial charge in [-0.05, 0) is 85.7 Å². The second-order valence-corrected chi connectivity index (χ2v) is 11.9. The van der Waals surface area contributed by atoms with E-state index in [1.807, 2.05) is 36.4 Å². The number of rotatable bonds is 8. The van der Waals surface area contributed by atoms with Gasteiger partial charge in [-0.15, -0.1) is 0 Å². The van der Waals surface area contributed by atoms with Crippen molar-refractivity contribution in [3.05, 3.63) is 84.6 Å². The van der Waals surface area contributed by atoms with E-state index >= 15 is 0 Å². The molecule has 0 spiro atoms. The third-order valence-corrected chi connectivity index (χ3v) is 9.10. The third kappa shape index (κ3) is 5.55. The maximum absolute atomic E-state index is 13.1.